The van der Waals surface area contributed by atoms with E-state index in [1.807, 2.05) is 0 Å². The molecule has 0 radical (unpaired) electrons. The summed E-state index contributed by atoms with van der Waals surface area (Å²) in [5.74, 6) is 2.48. The molecule has 1 unspecified atom stereocenters. The average molecular weight is 199 g/mol. The Bertz CT molecular complexity index is 104. The molecule has 1 atom stereocenters. The highest BCUT2D eigenvalue weighted by Gasteiger charge is 2.03. The minimum absolute atomic E-state index is 0.776. The highest BCUT2D eigenvalue weighted by molar-refractivity contribution is 4.59. The van der Waals surface area contributed by atoms with Gasteiger partial charge in [0, 0.05) is 0 Å². The van der Waals surface area contributed by atoms with Crippen molar-refractivity contribution in [1.82, 2.24) is 5.32 Å². The minimum Gasteiger partial charge on any atom is -0.316 e. The van der Waals surface area contributed by atoms with Crippen LogP contribution in [0.5, 0.6) is 0 Å². The lowest BCUT2D eigenvalue weighted by atomic mass is 9.99. The zero-order valence-corrected chi connectivity index (χ0v) is 10.8. The van der Waals surface area contributed by atoms with E-state index >= 15 is 0 Å². The number of rotatable bonds is 8. The molecule has 0 saturated heterocycles. The Morgan fingerprint density at radius 3 is 1.93 bits per heavy atom. The predicted octanol–water partition coefficient (Wildman–Crippen LogP) is 3.69. The van der Waals surface area contributed by atoms with Crippen molar-refractivity contribution in [3.63, 3.8) is 0 Å². The van der Waals surface area contributed by atoms with Crippen LogP contribution in [-0.2, 0) is 0 Å². The molecule has 0 aliphatic carbocycles. The molecule has 14 heavy (non-hydrogen) atoms. The van der Waals surface area contributed by atoms with Gasteiger partial charge in [0.05, 0.1) is 0 Å². The average Bonchev–Trinajstić information content (AvgIpc) is 2.02. The summed E-state index contributed by atoms with van der Waals surface area (Å²) in [4.78, 5) is 0. The lowest BCUT2D eigenvalue weighted by Crippen LogP contribution is -2.25. The van der Waals surface area contributed by atoms with E-state index in [0.717, 1.165) is 24.3 Å². The van der Waals surface area contributed by atoms with E-state index in [4.69, 9.17) is 0 Å². The second-order valence-corrected chi connectivity index (χ2v) is 5.48. The van der Waals surface area contributed by atoms with E-state index in [2.05, 4.69) is 39.9 Å². The molecule has 0 amide bonds. The maximum absolute atomic E-state index is 3.52. The van der Waals surface area contributed by atoms with Gasteiger partial charge in [-0.3, -0.25) is 0 Å². The molecule has 0 aromatic carbocycles. The van der Waals surface area contributed by atoms with E-state index in [1.54, 1.807) is 0 Å². The molecule has 0 spiro atoms. The van der Waals surface area contributed by atoms with Gasteiger partial charge in [-0.2, -0.15) is 0 Å². The van der Waals surface area contributed by atoms with Crippen molar-refractivity contribution in [3.8, 4) is 0 Å². The van der Waals surface area contributed by atoms with Crippen LogP contribution < -0.4 is 5.32 Å². The van der Waals surface area contributed by atoms with Gasteiger partial charge in [0.2, 0.25) is 0 Å². The minimum atomic E-state index is 0.776. The van der Waals surface area contributed by atoms with Crippen LogP contribution in [0.1, 0.15) is 53.9 Å². The number of hydrogen-bond acceptors (Lipinski definition) is 1. The summed E-state index contributed by atoms with van der Waals surface area (Å²) >= 11 is 0. The monoisotopic (exact) mass is 199 g/mol. The first kappa shape index (κ1) is 14.0. The first-order chi connectivity index (χ1) is 6.52. The van der Waals surface area contributed by atoms with Gasteiger partial charge >= 0.3 is 0 Å². The molecule has 1 nitrogen and oxygen atoms in total. The van der Waals surface area contributed by atoms with Crippen LogP contribution in [0.25, 0.3) is 0 Å². The smallest absolute Gasteiger partial charge is 0.00230 e. The van der Waals surface area contributed by atoms with Gasteiger partial charge < -0.3 is 5.32 Å². The van der Waals surface area contributed by atoms with Crippen LogP contribution in [0, 0.1) is 17.8 Å². The highest BCUT2D eigenvalue weighted by atomic mass is 14.9. The molecule has 0 aromatic rings. The van der Waals surface area contributed by atoms with Gasteiger partial charge in [-0.1, -0.05) is 47.5 Å². The van der Waals surface area contributed by atoms with E-state index in [9.17, 15) is 0 Å². The fourth-order valence-electron chi connectivity index (χ4n) is 1.60. The summed E-state index contributed by atoms with van der Waals surface area (Å²) in [6.45, 7) is 13.8. The zero-order chi connectivity index (χ0) is 11.0. The summed E-state index contributed by atoms with van der Waals surface area (Å²) in [5, 5.41) is 3.52. The lowest BCUT2D eigenvalue weighted by Gasteiger charge is -2.14. The molecule has 0 aromatic heterocycles. The van der Waals surface area contributed by atoms with Crippen LogP contribution in [-0.4, -0.2) is 13.1 Å². The lowest BCUT2D eigenvalue weighted by molar-refractivity contribution is 0.421. The van der Waals surface area contributed by atoms with Gasteiger partial charge in [-0.15, -0.1) is 0 Å². The van der Waals surface area contributed by atoms with Crippen molar-refractivity contribution in [2.75, 3.05) is 13.1 Å². The summed E-state index contributed by atoms with van der Waals surface area (Å²) in [6, 6.07) is 0. The third-order valence-corrected chi connectivity index (χ3v) is 2.52. The summed E-state index contributed by atoms with van der Waals surface area (Å²) in [6.07, 6.45) is 4.15. The summed E-state index contributed by atoms with van der Waals surface area (Å²) < 4.78 is 0. The van der Waals surface area contributed by atoms with Crippen LogP contribution in [0.3, 0.4) is 0 Å². The summed E-state index contributed by atoms with van der Waals surface area (Å²) in [7, 11) is 0. The molecular formula is C13H29N. The van der Waals surface area contributed by atoms with Crippen LogP contribution >= 0.6 is 0 Å². The Morgan fingerprint density at radius 2 is 1.43 bits per heavy atom. The normalized spacial score (nSPS) is 13.9. The molecule has 1 heteroatoms. The zero-order valence-electron chi connectivity index (χ0n) is 10.8. The third kappa shape index (κ3) is 10.0. The largest absolute Gasteiger partial charge is 0.316 e. The van der Waals surface area contributed by atoms with Gasteiger partial charge in [-0.25, -0.2) is 0 Å². The van der Waals surface area contributed by atoms with Crippen molar-refractivity contribution < 1.29 is 0 Å². The fourth-order valence-corrected chi connectivity index (χ4v) is 1.60. The Morgan fingerprint density at radius 1 is 0.786 bits per heavy atom. The Labute approximate surface area is 90.7 Å². The molecular weight excluding hydrogens is 170 g/mol. The molecule has 0 fully saturated rings. The second kappa shape index (κ2) is 8.28. The van der Waals surface area contributed by atoms with Gasteiger partial charge in [0.1, 0.15) is 0 Å². The Hall–Kier alpha value is -0.0400. The maximum atomic E-state index is 3.52. The summed E-state index contributed by atoms with van der Waals surface area (Å²) in [5.41, 5.74) is 0. The topological polar surface area (TPSA) is 12.0 Å². The van der Waals surface area contributed by atoms with E-state index in [1.165, 1.54) is 25.8 Å². The molecule has 0 saturated carbocycles. The number of hydrogen-bond donors (Lipinski definition) is 1. The van der Waals surface area contributed by atoms with E-state index in [0.29, 0.717) is 0 Å². The van der Waals surface area contributed by atoms with Crippen molar-refractivity contribution >= 4 is 0 Å². The second-order valence-electron chi connectivity index (χ2n) is 5.48. The van der Waals surface area contributed by atoms with Crippen molar-refractivity contribution in [3.05, 3.63) is 0 Å². The van der Waals surface area contributed by atoms with Crippen LogP contribution in [0.15, 0.2) is 0 Å². The molecule has 0 aliphatic rings. The Balaban J connectivity index is 3.23. The SMILES string of the molecule is CC(C)CCCC(C)CNCC(C)C. The maximum Gasteiger partial charge on any atom is -0.00230 e. The third-order valence-electron chi connectivity index (χ3n) is 2.52. The first-order valence-corrected chi connectivity index (χ1v) is 6.23. The van der Waals surface area contributed by atoms with Crippen LogP contribution in [0.4, 0.5) is 0 Å². The van der Waals surface area contributed by atoms with Crippen LogP contribution in [0.2, 0.25) is 0 Å². The molecule has 0 aliphatic heterocycles. The van der Waals surface area contributed by atoms with E-state index in [-0.39, 0.29) is 0 Å². The standard InChI is InChI=1S/C13H29N/c1-11(2)7-6-8-13(5)10-14-9-12(3)4/h11-14H,6-10H2,1-5H3. The first-order valence-electron chi connectivity index (χ1n) is 6.23. The van der Waals surface area contributed by atoms with Gasteiger partial charge in [-0.05, 0) is 37.3 Å². The molecule has 0 bridgehead atoms. The van der Waals surface area contributed by atoms with Gasteiger partial charge in [0.25, 0.3) is 0 Å². The Kier molecular flexibility index (Phi) is 8.26. The molecule has 86 valence electrons. The van der Waals surface area contributed by atoms with Crippen molar-refractivity contribution in [2.45, 2.75) is 53.9 Å². The number of nitrogens with one attached hydrogen (secondary N) is 1. The molecule has 0 heterocycles. The fraction of sp³-hybridized carbons (Fsp3) is 1.00. The quantitative estimate of drug-likeness (QED) is 0.628. The van der Waals surface area contributed by atoms with E-state index < -0.39 is 0 Å². The molecule has 0 rings (SSSR count). The van der Waals surface area contributed by atoms with Gasteiger partial charge in [0.15, 0.2) is 0 Å². The predicted molar refractivity (Wildman–Crippen MR) is 65.6 cm³/mol. The van der Waals surface area contributed by atoms with Crippen molar-refractivity contribution in [1.29, 1.82) is 0 Å². The highest BCUT2D eigenvalue weighted by Crippen LogP contribution is 2.11. The molecule has 1 N–H and O–H groups in total. The van der Waals surface area contributed by atoms with Crippen molar-refractivity contribution in [2.24, 2.45) is 17.8 Å².